The summed E-state index contributed by atoms with van der Waals surface area (Å²) in [7, 11) is 1.80. The maximum absolute atomic E-state index is 4.07. The van der Waals surface area contributed by atoms with Gasteiger partial charge in [0.05, 0.1) is 0 Å². The Balaban J connectivity index is 2.94. The molecule has 0 saturated carbocycles. The molecule has 3 heteroatoms. The molecule has 1 rings (SSSR count). The molecule has 0 bridgehead atoms. The second-order valence-electron chi connectivity index (χ2n) is 1.77. The van der Waals surface area contributed by atoms with Crippen LogP contribution in [0, 0.1) is 6.92 Å². The molecule has 3 nitrogen and oxygen atoms in total. The molecule has 1 aromatic rings. The third-order valence-corrected chi connectivity index (χ3v) is 1.02. The van der Waals surface area contributed by atoms with E-state index in [1.165, 1.54) is 0 Å². The largest absolute Gasteiger partial charge is 0.357 e. The molecule has 9 heavy (non-hydrogen) atoms. The van der Waals surface area contributed by atoms with Crippen molar-refractivity contribution in [2.24, 2.45) is 0 Å². The molecule has 0 aliphatic carbocycles. The zero-order chi connectivity index (χ0) is 6.69. The molecule has 1 aromatic heterocycles. The highest BCUT2D eigenvalue weighted by Gasteiger charge is 1.88. The third-order valence-electron chi connectivity index (χ3n) is 1.02. The summed E-state index contributed by atoms with van der Waals surface area (Å²) in [6, 6.07) is 1.86. The van der Waals surface area contributed by atoms with Crippen molar-refractivity contribution < 1.29 is 0 Å². The van der Waals surface area contributed by atoms with Crippen LogP contribution in [0.2, 0.25) is 0 Å². The lowest BCUT2D eigenvalue weighted by molar-refractivity contribution is 1.09. The van der Waals surface area contributed by atoms with Gasteiger partial charge in [-0.2, -0.15) is 0 Å². The first kappa shape index (κ1) is 6.01. The monoisotopic (exact) mass is 123 g/mol. The van der Waals surface area contributed by atoms with Crippen molar-refractivity contribution >= 4 is 5.95 Å². The lowest BCUT2D eigenvalue weighted by atomic mass is 10.5. The summed E-state index contributed by atoms with van der Waals surface area (Å²) in [6.07, 6.45) is 1.73. The second kappa shape index (κ2) is 2.44. The van der Waals surface area contributed by atoms with Crippen molar-refractivity contribution in [2.45, 2.75) is 6.92 Å². The highest BCUT2D eigenvalue weighted by Crippen LogP contribution is 1.95. The van der Waals surface area contributed by atoms with Crippen LogP contribution >= 0.6 is 0 Å². The lowest BCUT2D eigenvalue weighted by Crippen LogP contribution is -1.95. The van der Waals surface area contributed by atoms with Gasteiger partial charge < -0.3 is 5.32 Å². The van der Waals surface area contributed by atoms with Crippen LogP contribution in [-0.2, 0) is 0 Å². The number of aromatic nitrogens is 2. The van der Waals surface area contributed by atoms with E-state index in [-0.39, 0.29) is 0 Å². The van der Waals surface area contributed by atoms with E-state index in [1.54, 1.807) is 13.2 Å². The third kappa shape index (κ3) is 1.38. The predicted octanol–water partition coefficient (Wildman–Crippen LogP) is 0.827. The van der Waals surface area contributed by atoms with Crippen molar-refractivity contribution in [3.63, 3.8) is 0 Å². The molecule has 0 aliphatic heterocycles. The molecule has 0 amide bonds. The normalized spacial score (nSPS) is 9.11. The Labute approximate surface area is 54.2 Å². The van der Waals surface area contributed by atoms with Crippen LogP contribution in [0.15, 0.2) is 12.3 Å². The fraction of sp³-hybridized carbons (Fsp3) is 0.333. The molecule has 1 N–H and O–H groups in total. The van der Waals surface area contributed by atoms with Crippen molar-refractivity contribution in [2.75, 3.05) is 12.4 Å². The average Bonchev–Trinajstić information content (AvgIpc) is 1.88. The first-order chi connectivity index (χ1) is 4.33. The second-order valence-corrected chi connectivity index (χ2v) is 1.77. The molecule has 0 spiro atoms. The van der Waals surface area contributed by atoms with Crippen LogP contribution in [-0.4, -0.2) is 17.0 Å². The van der Waals surface area contributed by atoms with Gasteiger partial charge in [0.1, 0.15) is 0 Å². The van der Waals surface area contributed by atoms with E-state index < -0.39 is 0 Å². The lowest BCUT2D eigenvalue weighted by Gasteiger charge is -1.95. The van der Waals surface area contributed by atoms with Crippen molar-refractivity contribution in [1.29, 1.82) is 0 Å². The van der Waals surface area contributed by atoms with Crippen LogP contribution in [0.1, 0.15) is 5.69 Å². The maximum Gasteiger partial charge on any atom is 0.222 e. The summed E-state index contributed by atoms with van der Waals surface area (Å²) >= 11 is 0. The summed E-state index contributed by atoms with van der Waals surface area (Å²) in [5.41, 5.74) is 0.981. The number of hydrogen-bond donors (Lipinski definition) is 1. The standard InChI is InChI=1S/C6H9N3/c1-5-3-4-8-6(7-2)9-5/h3-4H,1-2H3,(H,7,8,9). The number of nitrogens with one attached hydrogen (secondary N) is 1. The molecule has 0 fully saturated rings. The molecule has 0 aromatic carbocycles. The Hall–Kier alpha value is -1.12. The van der Waals surface area contributed by atoms with Crippen LogP contribution in [0.25, 0.3) is 0 Å². The smallest absolute Gasteiger partial charge is 0.222 e. The van der Waals surface area contributed by atoms with E-state index >= 15 is 0 Å². The van der Waals surface area contributed by atoms with E-state index in [4.69, 9.17) is 0 Å². The Morgan fingerprint density at radius 3 is 2.78 bits per heavy atom. The first-order valence-corrected chi connectivity index (χ1v) is 2.80. The highest BCUT2D eigenvalue weighted by molar-refractivity contribution is 5.22. The quantitative estimate of drug-likeness (QED) is 0.601. The minimum Gasteiger partial charge on any atom is -0.357 e. The van der Waals surface area contributed by atoms with E-state index in [1.807, 2.05) is 13.0 Å². The number of anilines is 1. The molecule has 0 aliphatic rings. The Morgan fingerprint density at radius 1 is 1.56 bits per heavy atom. The molecule has 0 atom stereocenters. The molecule has 0 radical (unpaired) electrons. The fourth-order valence-corrected chi connectivity index (χ4v) is 0.569. The van der Waals surface area contributed by atoms with Crippen molar-refractivity contribution in [3.8, 4) is 0 Å². The topological polar surface area (TPSA) is 37.8 Å². The molecule has 0 saturated heterocycles. The Morgan fingerprint density at radius 2 is 2.33 bits per heavy atom. The van der Waals surface area contributed by atoms with Gasteiger partial charge in [0.2, 0.25) is 5.95 Å². The summed E-state index contributed by atoms with van der Waals surface area (Å²) in [5.74, 6) is 0.676. The zero-order valence-corrected chi connectivity index (χ0v) is 5.55. The van der Waals surface area contributed by atoms with E-state index in [9.17, 15) is 0 Å². The molecular formula is C6H9N3. The Kier molecular flexibility index (Phi) is 1.63. The van der Waals surface area contributed by atoms with Gasteiger partial charge >= 0.3 is 0 Å². The number of rotatable bonds is 1. The van der Waals surface area contributed by atoms with Gasteiger partial charge in [0.25, 0.3) is 0 Å². The van der Waals surface area contributed by atoms with E-state index in [0.717, 1.165) is 5.69 Å². The molecule has 48 valence electrons. The minimum atomic E-state index is 0.676. The minimum absolute atomic E-state index is 0.676. The van der Waals surface area contributed by atoms with Crippen LogP contribution in [0.4, 0.5) is 5.95 Å². The number of nitrogens with zero attached hydrogens (tertiary/aromatic N) is 2. The molecular weight excluding hydrogens is 114 g/mol. The first-order valence-electron chi connectivity index (χ1n) is 2.80. The Bertz CT molecular complexity index is 197. The van der Waals surface area contributed by atoms with Gasteiger partial charge in [-0.25, -0.2) is 9.97 Å². The summed E-state index contributed by atoms with van der Waals surface area (Å²) in [4.78, 5) is 8.01. The molecule has 0 unspecified atom stereocenters. The van der Waals surface area contributed by atoms with Gasteiger partial charge in [-0.15, -0.1) is 0 Å². The summed E-state index contributed by atoms with van der Waals surface area (Å²) < 4.78 is 0. The molecule has 1 heterocycles. The number of hydrogen-bond acceptors (Lipinski definition) is 3. The average molecular weight is 123 g/mol. The van der Waals surface area contributed by atoms with Gasteiger partial charge in [0, 0.05) is 18.9 Å². The predicted molar refractivity (Wildman–Crippen MR) is 36.3 cm³/mol. The van der Waals surface area contributed by atoms with Crippen LogP contribution in [0.5, 0.6) is 0 Å². The van der Waals surface area contributed by atoms with Gasteiger partial charge in [-0.05, 0) is 13.0 Å². The van der Waals surface area contributed by atoms with Gasteiger partial charge in [-0.1, -0.05) is 0 Å². The van der Waals surface area contributed by atoms with Gasteiger partial charge in [0.15, 0.2) is 0 Å². The fourth-order valence-electron chi connectivity index (χ4n) is 0.569. The van der Waals surface area contributed by atoms with Crippen molar-refractivity contribution in [3.05, 3.63) is 18.0 Å². The van der Waals surface area contributed by atoms with Gasteiger partial charge in [-0.3, -0.25) is 0 Å². The summed E-state index contributed by atoms with van der Waals surface area (Å²) in [6.45, 7) is 1.93. The van der Waals surface area contributed by atoms with Crippen LogP contribution in [0.3, 0.4) is 0 Å². The van der Waals surface area contributed by atoms with E-state index in [2.05, 4.69) is 15.3 Å². The maximum atomic E-state index is 4.07. The van der Waals surface area contributed by atoms with Crippen LogP contribution < -0.4 is 5.32 Å². The SMILES string of the molecule is CNc1nccc(C)n1. The zero-order valence-electron chi connectivity index (χ0n) is 5.55. The van der Waals surface area contributed by atoms with Crippen molar-refractivity contribution in [1.82, 2.24) is 9.97 Å². The highest BCUT2D eigenvalue weighted by atomic mass is 15.1. The summed E-state index contributed by atoms with van der Waals surface area (Å²) in [5, 5.41) is 2.85. The number of aryl methyl sites for hydroxylation is 1. The van der Waals surface area contributed by atoms with E-state index in [0.29, 0.717) is 5.95 Å².